The van der Waals surface area contributed by atoms with Gasteiger partial charge >= 0.3 is 0 Å². The van der Waals surface area contributed by atoms with E-state index in [0.29, 0.717) is 11.8 Å². The summed E-state index contributed by atoms with van der Waals surface area (Å²) in [6, 6.07) is 2.21. The number of rotatable bonds is 4. The molecule has 12 heavy (non-hydrogen) atoms. The molecule has 0 bridgehead atoms. The van der Waals surface area contributed by atoms with Gasteiger partial charge in [0.25, 0.3) is 0 Å². The Kier molecular flexibility index (Phi) is 4.63. The van der Waals surface area contributed by atoms with Gasteiger partial charge in [-0.1, -0.05) is 27.7 Å². The summed E-state index contributed by atoms with van der Waals surface area (Å²) >= 11 is 6.15. The molecule has 0 radical (unpaired) electrons. The van der Waals surface area contributed by atoms with Crippen molar-refractivity contribution in [3.8, 4) is 6.07 Å². The first-order valence-electron chi connectivity index (χ1n) is 4.50. The summed E-state index contributed by atoms with van der Waals surface area (Å²) in [6.45, 7) is 8.37. The van der Waals surface area contributed by atoms with Crippen molar-refractivity contribution in [2.24, 2.45) is 11.8 Å². The molecule has 0 saturated carbocycles. The normalized spacial score (nSPS) is 12.2. The molecule has 0 aromatic heterocycles. The lowest BCUT2D eigenvalue weighted by molar-refractivity contribution is 0.432. The minimum absolute atomic E-state index is 0.487. The van der Waals surface area contributed by atoms with E-state index in [2.05, 4.69) is 33.8 Å². The molecule has 0 heterocycles. The fourth-order valence-corrected chi connectivity index (χ4v) is 2.09. The van der Waals surface area contributed by atoms with E-state index in [9.17, 15) is 0 Å². The average molecular weight is 188 g/mol. The zero-order chi connectivity index (χ0) is 9.78. The fourth-order valence-electron chi connectivity index (χ4n) is 1.47. The van der Waals surface area contributed by atoms with Gasteiger partial charge in [0.1, 0.15) is 4.87 Å². The molecule has 0 amide bonds. The Balaban J connectivity index is 4.17. The van der Waals surface area contributed by atoms with E-state index in [1.165, 1.54) is 0 Å². The molecule has 0 rings (SSSR count). The Morgan fingerprint density at radius 1 is 1.17 bits per heavy atom. The number of nitriles is 1. The van der Waals surface area contributed by atoms with Crippen LogP contribution in [-0.4, -0.2) is 4.87 Å². The summed E-state index contributed by atoms with van der Waals surface area (Å²) < 4.78 is 0. The summed E-state index contributed by atoms with van der Waals surface area (Å²) in [7, 11) is 0. The van der Waals surface area contributed by atoms with Crippen LogP contribution in [-0.2, 0) is 0 Å². The molecule has 0 saturated heterocycles. The second-order valence-electron chi connectivity index (χ2n) is 4.27. The topological polar surface area (TPSA) is 23.8 Å². The van der Waals surface area contributed by atoms with Gasteiger partial charge in [0.05, 0.1) is 6.07 Å². The van der Waals surface area contributed by atoms with E-state index in [0.717, 1.165) is 12.8 Å². The van der Waals surface area contributed by atoms with E-state index in [4.69, 9.17) is 16.9 Å². The molecule has 0 aliphatic heterocycles. The lowest BCUT2D eigenvalue weighted by Gasteiger charge is -2.22. The SMILES string of the molecule is CC(C)CC(Cl)(C#N)CC(C)C. The van der Waals surface area contributed by atoms with Crippen LogP contribution >= 0.6 is 11.6 Å². The molecule has 0 atom stereocenters. The van der Waals surface area contributed by atoms with E-state index in [1.54, 1.807) is 0 Å². The third kappa shape index (κ3) is 4.62. The molecule has 1 nitrogen and oxygen atoms in total. The van der Waals surface area contributed by atoms with Crippen molar-refractivity contribution in [1.82, 2.24) is 0 Å². The van der Waals surface area contributed by atoms with Crippen LogP contribution in [0.5, 0.6) is 0 Å². The molecule has 0 aromatic carbocycles. The van der Waals surface area contributed by atoms with Crippen molar-refractivity contribution < 1.29 is 0 Å². The van der Waals surface area contributed by atoms with E-state index >= 15 is 0 Å². The second-order valence-corrected chi connectivity index (χ2v) is 5.00. The van der Waals surface area contributed by atoms with Crippen LogP contribution in [0.15, 0.2) is 0 Å². The van der Waals surface area contributed by atoms with Crippen LogP contribution in [0.1, 0.15) is 40.5 Å². The molecule has 0 N–H and O–H groups in total. The van der Waals surface area contributed by atoms with Crippen molar-refractivity contribution in [2.45, 2.75) is 45.4 Å². The van der Waals surface area contributed by atoms with Gasteiger partial charge in [-0.05, 0) is 24.7 Å². The van der Waals surface area contributed by atoms with Crippen LogP contribution in [0.25, 0.3) is 0 Å². The predicted octanol–water partition coefficient (Wildman–Crippen LogP) is 3.58. The lowest BCUT2D eigenvalue weighted by atomic mass is 9.90. The maximum atomic E-state index is 8.90. The first kappa shape index (κ1) is 11.8. The Morgan fingerprint density at radius 3 is 1.67 bits per heavy atom. The van der Waals surface area contributed by atoms with E-state index in [-0.39, 0.29) is 0 Å². The van der Waals surface area contributed by atoms with Gasteiger partial charge in [0, 0.05) is 0 Å². The largest absolute Gasteiger partial charge is 0.196 e. The van der Waals surface area contributed by atoms with Crippen molar-refractivity contribution >= 4 is 11.6 Å². The summed E-state index contributed by atoms with van der Waals surface area (Å²) in [5.41, 5.74) is 0. The first-order chi connectivity index (χ1) is 5.39. The fraction of sp³-hybridized carbons (Fsp3) is 0.900. The highest BCUT2D eigenvalue weighted by molar-refractivity contribution is 6.25. The smallest absolute Gasteiger partial charge is 0.131 e. The summed E-state index contributed by atoms with van der Waals surface area (Å²) in [5.74, 6) is 0.974. The van der Waals surface area contributed by atoms with Crippen LogP contribution in [0.2, 0.25) is 0 Å². The van der Waals surface area contributed by atoms with Crippen LogP contribution in [0.4, 0.5) is 0 Å². The van der Waals surface area contributed by atoms with Gasteiger partial charge < -0.3 is 0 Å². The van der Waals surface area contributed by atoms with Crippen molar-refractivity contribution in [1.29, 1.82) is 5.26 Å². The molecular formula is C10H18ClN. The Hall–Kier alpha value is -0.220. The van der Waals surface area contributed by atoms with Crippen LogP contribution in [0.3, 0.4) is 0 Å². The average Bonchev–Trinajstić information content (AvgIpc) is 1.83. The zero-order valence-electron chi connectivity index (χ0n) is 8.39. The summed E-state index contributed by atoms with van der Waals surface area (Å²) in [5, 5.41) is 8.90. The van der Waals surface area contributed by atoms with E-state index in [1.807, 2.05) is 0 Å². The highest BCUT2D eigenvalue weighted by atomic mass is 35.5. The molecule has 0 unspecified atom stereocenters. The Labute approximate surface area is 80.7 Å². The van der Waals surface area contributed by atoms with Gasteiger partial charge in [-0.3, -0.25) is 0 Å². The molecule has 70 valence electrons. The maximum absolute atomic E-state index is 8.90. The molecule has 0 aromatic rings. The van der Waals surface area contributed by atoms with Crippen LogP contribution in [0, 0.1) is 23.2 Å². The monoisotopic (exact) mass is 187 g/mol. The molecule has 0 fully saturated rings. The first-order valence-corrected chi connectivity index (χ1v) is 4.87. The Bertz CT molecular complexity index is 157. The van der Waals surface area contributed by atoms with Gasteiger partial charge in [-0.15, -0.1) is 11.6 Å². The lowest BCUT2D eigenvalue weighted by Crippen LogP contribution is -2.23. The van der Waals surface area contributed by atoms with Crippen molar-refractivity contribution in [2.75, 3.05) is 0 Å². The van der Waals surface area contributed by atoms with Crippen LogP contribution < -0.4 is 0 Å². The second kappa shape index (κ2) is 4.72. The molecule has 0 aliphatic rings. The van der Waals surface area contributed by atoms with Crippen molar-refractivity contribution in [3.05, 3.63) is 0 Å². The number of nitrogens with zero attached hydrogens (tertiary/aromatic N) is 1. The maximum Gasteiger partial charge on any atom is 0.131 e. The third-order valence-corrected chi connectivity index (χ3v) is 2.06. The van der Waals surface area contributed by atoms with Crippen molar-refractivity contribution in [3.63, 3.8) is 0 Å². The summed E-state index contributed by atoms with van der Waals surface area (Å²) in [4.78, 5) is -0.637. The molecular weight excluding hydrogens is 170 g/mol. The minimum atomic E-state index is -0.637. The zero-order valence-corrected chi connectivity index (χ0v) is 9.15. The highest BCUT2D eigenvalue weighted by Gasteiger charge is 2.28. The number of halogens is 1. The number of hydrogen-bond donors (Lipinski definition) is 0. The molecule has 0 spiro atoms. The number of alkyl halides is 1. The van der Waals surface area contributed by atoms with E-state index < -0.39 is 4.87 Å². The molecule has 2 heteroatoms. The quantitative estimate of drug-likeness (QED) is 0.618. The summed E-state index contributed by atoms with van der Waals surface area (Å²) in [6.07, 6.45) is 1.56. The highest BCUT2D eigenvalue weighted by Crippen LogP contribution is 2.30. The third-order valence-electron chi connectivity index (χ3n) is 1.66. The molecule has 0 aliphatic carbocycles. The predicted molar refractivity (Wildman–Crippen MR) is 53.1 cm³/mol. The van der Waals surface area contributed by atoms with Gasteiger partial charge in [0.15, 0.2) is 0 Å². The van der Waals surface area contributed by atoms with Gasteiger partial charge in [-0.2, -0.15) is 5.26 Å². The van der Waals surface area contributed by atoms with Gasteiger partial charge in [0.2, 0.25) is 0 Å². The Morgan fingerprint density at radius 2 is 1.50 bits per heavy atom. The van der Waals surface area contributed by atoms with Gasteiger partial charge in [-0.25, -0.2) is 0 Å². The number of hydrogen-bond acceptors (Lipinski definition) is 1. The minimum Gasteiger partial charge on any atom is -0.196 e. The standard InChI is InChI=1S/C10H18ClN/c1-8(2)5-10(11,7-12)6-9(3)4/h8-9H,5-6H2,1-4H3.